The summed E-state index contributed by atoms with van der Waals surface area (Å²) < 4.78 is 68.8. The molecule has 104 heavy (non-hydrogen) atoms. The third-order valence-electron chi connectivity index (χ3n) is 20.0. The number of hydrogen-bond donors (Lipinski definition) is 3. The Morgan fingerprint density at radius 1 is 0.260 bits per heavy atom. The van der Waals surface area contributed by atoms with Crippen molar-refractivity contribution in [2.75, 3.05) is 39.6 Å². The SMILES string of the molecule is CCCCCCCCCCCCCCCCCCCCCCCCC(=O)O[C@H](COC(=O)CCCCCCCCCCCCCCCCCCCCC)COP(=O)(O)OC[C@@H](O)COP(=O)(O)OC[C@@H](COC(=O)CCCCCCCCCCC(C)C)OC(=O)CCCCCCCCCCCCCC. The summed E-state index contributed by atoms with van der Waals surface area (Å²) in [5.41, 5.74) is 0. The number of phosphoric acid groups is 2. The summed E-state index contributed by atoms with van der Waals surface area (Å²) in [5.74, 6) is -1.38. The quantitative estimate of drug-likeness (QED) is 0.0222. The van der Waals surface area contributed by atoms with Crippen LogP contribution in [-0.2, 0) is 65.4 Å². The van der Waals surface area contributed by atoms with Crippen LogP contribution in [0.4, 0.5) is 0 Å². The molecular formula is C85H166O17P2. The minimum atomic E-state index is -4.96. The molecule has 0 heterocycles. The zero-order valence-electron chi connectivity index (χ0n) is 68.2. The van der Waals surface area contributed by atoms with Gasteiger partial charge in [0, 0.05) is 25.7 Å². The van der Waals surface area contributed by atoms with Gasteiger partial charge < -0.3 is 33.8 Å². The van der Waals surface area contributed by atoms with Gasteiger partial charge in [0.2, 0.25) is 0 Å². The van der Waals surface area contributed by atoms with Crippen molar-refractivity contribution in [1.29, 1.82) is 0 Å². The number of carbonyl (C=O) groups is 4. The Hall–Kier alpha value is -1.94. The predicted octanol–water partition coefficient (Wildman–Crippen LogP) is 26.0. The molecule has 618 valence electrons. The first-order chi connectivity index (χ1) is 50.5. The highest BCUT2D eigenvalue weighted by molar-refractivity contribution is 7.47. The number of hydrogen-bond acceptors (Lipinski definition) is 15. The van der Waals surface area contributed by atoms with E-state index in [9.17, 15) is 43.2 Å². The molecule has 0 aliphatic rings. The molecule has 17 nitrogen and oxygen atoms in total. The summed E-state index contributed by atoms with van der Waals surface area (Å²) in [5, 5.41) is 10.7. The molecule has 3 N–H and O–H groups in total. The number of phosphoric ester groups is 2. The van der Waals surface area contributed by atoms with Crippen molar-refractivity contribution >= 4 is 39.5 Å². The zero-order valence-corrected chi connectivity index (χ0v) is 70.0. The molecule has 0 bridgehead atoms. The van der Waals surface area contributed by atoms with E-state index < -0.39 is 97.5 Å². The van der Waals surface area contributed by atoms with Crippen molar-refractivity contribution < 1.29 is 80.2 Å². The van der Waals surface area contributed by atoms with Crippen molar-refractivity contribution in [3.8, 4) is 0 Å². The van der Waals surface area contributed by atoms with Gasteiger partial charge >= 0.3 is 39.5 Å². The normalized spacial score (nSPS) is 13.8. The number of unbranched alkanes of at least 4 members (excludes halogenated alkanes) is 57. The van der Waals surface area contributed by atoms with Crippen LogP contribution >= 0.6 is 15.6 Å². The monoisotopic (exact) mass is 1520 g/mol. The van der Waals surface area contributed by atoms with Crippen LogP contribution < -0.4 is 0 Å². The lowest BCUT2D eigenvalue weighted by Crippen LogP contribution is -2.30. The molecule has 19 heteroatoms. The van der Waals surface area contributed by atoms with Gasteiger partial charge in [-0.1, -0.05) is 407 Å². The van der Waals surface area contributed by atoms with E-state index in [1.165, 1.54) is 283 Å². The Bertz CT molecular complexity index is 1980. The van der Waals surface area contributed by atoms with E-state index in [0.717, 1.165) is 95.8 Å². The molecule has 2 unspecified atom stereocenters. The second-order valence-electron chi connectivity index (χ2n) is 31.1. The molecule has 0 fully saturated rings. The minimum absolute atomic E-state index is 0.107. The first kappa shape index (κ1) is 102. The molecular weight excluding hydrogens is 1350 g/mol. The summed E-state index contributed by atoms with van der Waals surface area (Å²) in [4.78, 5) is 73.1. The van der Waals surface area contributed by atoms with Crippen LogP contribution in [0.5, 0.6) is 0 Å². The molecule has 0 aromatic rings. The summed E-state index contributed by atoms with van der Waals surface area (Å²) in [6.07, 6.45) is 71.0. The second-order valence-corrected chi connectivity index (χ2v) is 34.0. The average molecular weight is 1520 g/mol. The lowest BCUT2D eigenvalue weighted by atomic mass is 10.0. The highest BCUT2D eigenvalue weighted by Crippen LogP contribution is 2.45. The molecule has 0 saturated heterocycles. The molecule has 0 radical (unpaired) electrons. The Labute approximate surface area is 638 Å². The Balaban J connectivity index is 5.20. The minimum Gasteiger partial charge on any atom is -0.462 e. The maximum Gasteiger partial charge on any atom is 0.472 e. The standard InChI is InChI=1S/C85H166O17P2/c1-6-9-12-15-18-21-24-27-29-31-33-34-35-37-39-41-43-46-49-56-61-66-71-85(90)101-80(74-95-82(87)68-63-58-53-47-45-42-40-38-36-32-30-28-25-22-19-16-13-10-7-2)76-99-103(91,92)97-72-79(86)73-98-104(93,94)100-77-81(75-96-83(88)69-64-59-54-51-50-52-57-62-67-78(4)5)102-84(89)70-65-60-55-48-44-26-23-20-17-14-11-8-3/h78-81,86H,6-77H2,1-5H3,(H,91,92)(H,93,94)/t79-,80-,81-/m1/s1. The number of ether oxygens (including phenoxy) is 4. The Morgan fingerprint density at radius 2 is 0.442 bits per heavy atom. The van der Waals surface area contributed by atoms with Crippen molar-refractivity contribution in [3.63, 3.8) is 0 Å². The molecule has 0 aromatic heterocycles. The highest BCUT2D eigenvalue weighted by atomic mass is 31.2. The first-order valence-corrected chi connectivity index (χ1v) is 47.1. The second kappa shape index (κ2) is 77.8. The van der Waals surface area contributed by atoms with Crippen LogP contribution in [0.25, 0.3) is 0 Å². The lowest BCUT2D eigenvalue weighted by molar-refractivity contribution is -0.161. The fourth-order valence-corrected chi connectivity index (χ4v) is 14.9. The summed E-state index contributed by atoms with van der Waals surface area (Å²) >= 11 is 0. The van der Waals surface area contributed by atoms with Gasteiger partial charge in [0.05, 0.1) is 26.4 Å². The van der Waals surface area contributed by atoms with Crippen molar-refractivity contribution in [1.82, 2.24) is 0 Å². The van der Waals surface area contributed by atoms with E-state index in [-0.39, 0.29) is 25.7 Å². The van der Waals surface area contributed by atoms with Crippen LogP contribution in [0.3, 0.4) is 0 Å². The molecule has 0 spiro atoms. The Morgan fingerprint density at radius 3 is 0.654 bits per heavy atom. The van der Waals surface area contributed by atoms with Crippen LogP contribution in [0.2, 0.25) is 0 Å². The van der Waals surface area contributed by atoms with E-state index in [1.807, 2.05) is 0 Å². The van der Waals surface area contributed by atoms with Gasteiger partial charge in [-0.2, -0.15) is 0 Å². The lowest BCUT2D eigenvalue weighted by Gasteiger charge is -2.21. The number of rotatable bonds is 85. The molecule has 0 aliphatic carbocycles. The molecule has 0 amide bonds. The van der Waals surface area contributed by atoms with E-state index in [2.05, 4.69) is 34.6 Å². The summed E-state index contributed by atoms with van der Waals surface area (Å²) in [6, 6.07) is 0. The Kier molecular flexibility index (Phi) is 76.3. The maximum absolute atomic E-state index is 13.1. The van der Waals surface area contributed by atoms with Gasteiger partial charge in [0.25, 0.3) is 0 Å². The van der Waals surface area contributed by atoms with E-state index in [1.54, 1.807) is 0 Å². The van der Waals surface area contributed by atoms with Gasteiger partial charge in [0.1, 0.15) is 19.3 Å². The third kappa shape index (κ3) is 78.2. The first-order valence-electron chi connectivity index (χ1n) is 44.1. The number of aliphatic hydroxyl groups is 1. The largest absolute Gasteiger partial charge is 0.472 e. The van der Waals surface area contributed by atoms with Gasteiger partial charge in [0.15, 0.2) is 12.2 Å². The highest BCUT2D eigenvalue weighted by Gasteiger charge is 2.30. The molecule has 0 aliphatic heterocycles. The van der Waals surface area contributed by atoms with Gasteiger partial charge in [-0.3, -0.25) is 37.3 Å². The molecule has 0 aromatic carbocycles. The van der Waals surface area contributed by atoms with Crippen LogP contribution in [0.1, 0.15) is 458 Å². The molecule has 0 rings (SSSR count). The van der Waals surface area contributed by atoms with Crippen molar-refractivity contribution in [2.24, 2.45) is 5.92 Å². The third-order valence-corrected chi connectivity index (χ3v) is 21.9. The fourth-order valence-electron chi connectivity index (χ4n) is 13.3. The van der Waals surface area contributed by atoms with Gasteiger partial charge in [-0.25, -0.2) is 9.13 Å². The van der Waals surface area contributed by atoms with Gasteiger partial charge in [-0.05, 0) is 31.6 Å². The topological polar surface area (TPSA) is 237 Å². The summed E-state index contributed by atoms with van der Waals surface area (Å²) in [7, 11) is -9.92. The van der Waals surface area contributed by atoms with E-state index >= 15 is 0 Å². The van der Waals surface area contributed by atoms with E-state index in [0.29, 0.717) is 25.7 Å². The predicted molar refractivity (Wildman–Crippen MR) is 428 cm³/mol. The smallest absolute Gasteiger partial charge is 0.462 e. The zero-order chi connectivity index (χ0) is 76.2. The van der Waals surface area contributed by atoms with E-state index in [4.69, 9.17) is 37.0 Å². The van der Waals surface area contributed by atoms with Crippen molar-refractivity contribution in [2.45, 2.75) is 477 Å². The van der Waals surface area contributed by atoms with Crippen LogP contribution in [0, 0.1) is 5.92 Å². The fraction of sp³-hybridized carbons (Fsp3) is 0.953. The summed E-state index contributed by atoms with van der Waals surface area (Å²) in [6.45, 7) is 7.31. The van der Waals surface area contributed by atoms with Gasteiger partial charge in [-0.15, -0.1) is 0 Å². The van der Waals surface area contributed by atoms with Crippen LogP contribution in [0.15, 0.2) is 0 Å². The maximum atomic E-state index is 13.1. The average Bonchev–Trinajstić information content (AvgIpc) is 0.902. The molecule has 5 atom stereocenters. The number of esters is 4. The van der Waals surface area contributed by atoms with Crippen molar-refractivity contribution in [3.05, 3.63) is 0 Å². The van der Waals surface area contributed by atoms with Crippen LogP contribution in [-0.4, -0.2) is 96.7 Å². The number of carbonyl (C=O) groups excluding carboxylic acids is 4. The molecule has 0 saturated carbocycles. The number of aliphatic hydroxyl groups excluding tert-OH is 1.